The van der Waals surface area contributed by atoms with Gasteiger partial charge in [0.15, 0.2) is 17.6 Å². The van der Waals surface area contributed by atoms with Gasteiger partial charge in [-0.1, -0.05) is 12.1 Å². The van der Waals surface area contributed by atoms with Crippen molar-refractivity contribution >= 4 is 5.91 Å². The SMILES string of the molecule is COc1ccccc1OC(C)C(=O)N(CCN(C)C)Cc1nc[nH]c1C. The number of para-hydroxylation sites is 2. The predicted octanol–water partition coefficient (Wildman–Crippen LogP) is 2.08. The van der Waals surface area contributed by atoms with Crippen LogP contribution in [0.4, 0.5) is 0 Å². The van der Waals surface area contributed by atoms with Crippen LogP contribution in [-0.2, 0) is 11.3 Å². The number of aromatic amines is 1. The smallest absolute Gasteiger partial charge is 0.263 e. The maximum absolute atomic E-state index is 13.0. The average molecular weight is 360 g/mol. The summed E-state index contributed by atoms with van der Waals surface area (Å²) in [4.78, 5) is 24.2. The van der Waals surface area contributed by atoms with E-state index in [1.165, 1.54) is 0 Å². The Hall–Kier alpha value is -2.54. The minimum absolute atomic E-state index is 0.0832. The van der Waals surface area contributed by atoms with Crippen LogP contribution in [0.15, 0.2) is 30.6 Å². The molecule has 142 valence electrons. The first kappa shape index (κ1) is 19.8. The van der Waals surface area contributed by atoms with Gasteiger partial charge in [-0.15, -0.1) is 0 Å². The Morgan fingerprint density at radius 3 is 2.50 bits per heavy atom. The highest BCUT2D eigenvalue weighted by atomic mass is 16.5. The second-order valence-corrected chi connectivity index (χ2v) is 6.45. The highest BCUT2D eigenvalue weighted by Gasteiger charge is 2.24. The van der Waals surface area contributed by atoms with Gasteiger partial charge in [-0.3, -0.25) is 4.79 Å². The summed E-state index contributed by atoms with van der Waals surface area (Å²) in [5, 5.41) is 0. The molecule has 1 N–H and O–H groups in total. The third-order valence-corrected chi connectivity index (χ3v) is 4.12. The summed E-state index contributed by atoms with van der Waals surface area (Å²) in [6.45, 7) is 5.51. The molecule has 0 radical (unpaired) electrons. The first-order chi connectivity index (χ1) is 12.4. The third-order valence-electron chi connectivity index (χ3n) is 4.12. The molecular weight excluding hydrogens is 332 g/mol. The molecule has 7 nitrogen and oxygen atoms in total. The molecule has 0 spiro atoms. The van der Waals surface area contributed by atoms with Crippen LogP contribution in [0.2, 0.25) is 0 Å². The molecule has 0 aliphatic carbocycles. The van der Waals surface area contributed by atoms with Gasteiger partial charge in [-0.2, -0.15) is 0 Å². The fourth-order valence-electron chi connectivity index (χ4n) is 2.53. The number of likely N-dealkylation sites (N-methyl/N-ethyl adjacent to an activating group) is 1. The largest absolute Gasteiger partial charge is 0.493 e. The Morgan fingerprint density at radius 2 is 1.92 bits per heavy atom. The number of methoxy groups -OCH3 is 1. The molecule has 1 unspecified atom stereocenters. The molecule has 2 rings (SSSR count). The third kappa shape index (κ3) is 5.23. The molecule has 2 aromatic rings. The van der Waals surface area contributed by atoms with E-state index in [9.17, 15) is 4.79 Å². The standard InChI is InChI=1S/C19H28N4O3/c1-14-16(21-13-20-14)12-23(11-10-22(3)4)19(24)15(2)26-18-9-7-6-8-17(18)25-5/h6-9,13,15H,10-12H2,1-5H3,(H,20,21). The van der Waals surface area contributed by atoms with Crippen LogP contribution < -0.4 is 9.47 Å². The fraction of sp³-hybridized carbons (Fsp3) is 0.474. The molecule has 0 bridgehead atoms. The van der Waals surface area contributed by atoms with Crippen LogP contribution in [0.5, 0.6) is 11.5 Å². The number of aromatic nitrogens is 2. The van der Waals surface area contributed by atoms with Crippen molar-refractivity contribution in [3.8, 4) is 11.5 Å². The highest BCUT2D eigenvalue weighted by molar-refractivity contribution is 5.81. The number of nitrogens with zero attached hydrogens (tertiary/aromatic N) is 3. The first-order valence-electron chi connectivity index (χ1n) is 8.64. The lowest BCUT2D eigenvalue weighted by Gasteiger charge is -2.27. The number of rotatable bonds is 9. The molecule has 1 atom stereocenters. The summed E-state index contributed by atoms with van der Waals surface area (Å²) in [6.07, 6.45) is 1.02. The molecule has 1 amide bonds. The molecule has 1 aromatic carbocycles. The van der Waals surface area contributed by atoms with Crippen LogP contribution in [0.1, 0.15) is 18.3 Å². The summed E-state index contributed by atoms with van der Waals surface area (Å²) in [6, 6.07) is 7.32. The monoisotopic (exact) mass is 360 g/mol. The van der Waals surface area contributed by atoms with Crippen molar-refractivity contribution in [3.63, 3.8) is 0 Å². The molecule has 1 aromatic heterocycles. The molecule has 0 saturated carbocycles. The van der Waals surface area contributed by atoms with Gasteiger partial charge in [0.25, 0.3) is 5.91 Å². The van der Waals surface area contributed by atoms with Gasteiger partial charge < -0.3 is 24.3 Å². The van der Waals surface area contributed by atoms with Gasteiger partial charge in [-0.05, 0) is 40.1 Å². The first-order valence-corrected chi connectivity index (χ1v) is 8.64. The molecule has 7 heteroatoms. The zero-order valence-corrected chi connectivity index (χ0v) is 16.2. The Balaban J connectivity index is 2.11. The van der Waals surface area contributed by atoms with Crippen molar-refractivity contribution in [2.45, 2.75) is 26.5 Å². The van der Waals surface area contributed by atoms with E-state index in [1.807, 2.05) is 44.1 Å². The number of imidazole rings is 1. The van der Waals surface area contributed by atoms with Gasteiger partial charge in [0.05, 0.1) is 25.7 Å². The maximum Gasteiger partial charge on any atom is 0.263 e. The number of hydrogen-bond acceptors (Lipinski definition) is 5. The number of ether oxygens (including phenoxy) is 2. The van der Waals surface area contributed by atoms with E-state index in [-0.39, 0.29) is 5.91 Å². The van der Waals surface area contributed by atoms with Crippen molar-refractivity contribution in [1.29, 1.82) is 0 Å². The lowest BCUT2D eigenvalue weighted by molar-refractivity contribution is -0.138. The number of benzene rings is 1. The Bertz CT molecular complexity index is 714. The average Bonchev–Trinajstić information content (AvgIpc) is 3.02. The quantitative estimate of drug-likeness (QED) is 0.741. The molecule has 0 aliphatic heterocycles. The Morgan fingerprint density at radius 1 is 1.23 bits per heavy atom. The number of hydrogen-bond donors (Lipinski definition) is 1. The van der Waals surface area contributed by atoms with Gasteiger partial charge in [0.2, 0.25) is 0 Å². The van der Waals surface area contributed by atoms with Crippen LogP contribution in [0, 0.1) is 6.92 Å². The van der Waals surface area contributed by atoms with E-state index < -0.39 is 6.10 Å². The number of carbonyl (C=O) groups excluding carboxylic acids is 1. The minimum Gasteiger partial charge on any atom is -0.493 e. The van der Waals surface area contributed by atoms with Gasteiger partial charge in [-0.25, -0.2) is 4.98 Å². The van der Waals surface area contributed by atoms with Gasteiger partial charge >= 0.3 is 0 Å². The second-order valence-electron chi connectivity index (χ2n) is 6.45. The number of aryl methyl sites for hydroxylation is 1. The second kappa shape index (κ2) is 9.24. The van der Waals surface area contributed by atoms with Gasteiger partial charge in [0, 0.05) is 18.8 Å². The van der Waals surface area contributed by atoms with E-state index in [0.29, 0.717) is 24.6 Å². The minimum atomic E-state index is -0.632. The molecule has 0 fully saturated rings. The van der Waals surface area contributed by atoms with Gasteiger partial charge in [0.1, 0.15) is 0 Å². The van der Waals surface area contributed by atoms with Crippen molar-refractivity contribution in [1.82, 2.24) is 19.8 Å². The van der Waals surface area contributed by atoms with E-state index >= 15 is 0 Å². The lowest BCUT2D eigenvalue weighted by atomic mass is 10.2. The lowest BCUT2D eigenvalue weighted by Crippen LogP contribution is -2.43. The summed E-state index contributed by atoms with van der Waals surface area (Å²) < 4.78 is 11.2. The summed E-state index contributed by atoms with van der Waals surface area (Å²) in [5.74, 6) is 1.08. The number of carbonyl (C=O) groups is 1. The fourth-order valence-corrected chi connectivity index (χ4v) is 2.53. The van der Waals surface area contributed by atoms with Crippen molar-refractivity contribution in [3.05, 3.63) is 42.0 Å². The summed E-state index contributed by atoms with van der Waals surface area (Å²) in [5.41, 5.74) is 1.83. The van der Waals surface area contributed by atoms with Crippen molar-refractivity contribution < 1.29 is 14.3 Å². The van der Waals surface area contributed by atoms with E-state index in [2.05, 4.69) is 9.97 Å². The molecule has 0 saturated heterocycles. The molecule has 26 heavy (non-hydrogen) atoms. The molecular formula is C19H28N4O3. The van der Waals surface area contributed by atoms with Crippen LogP contribution in [0.25, 0.3) is 0 Å². The van der Waals surface area contributed by atoms with E-state index in [0.717, 1.165) is 17.9 Å². The van der Waals surface area contributed by atoms with Crippen molar-refractivity contribution in [2.24, 2.45) is 0 Å². The molecule has 0 aliphatic rings. The summed E-state index contributed by atoms with van der Waals surface area (Å²) in [7, 11) is 5.55. The van der Waals surface area contributed by atoms with Crippen LogP contribution in [-0.4, -0.2) is 66.1 Å². The number of nitrogens with one attached hydrogen (secondary N) is 1. The number of amides is 1. The van der Waals surface area contributed by atoms with Crippen molar-refractivity contribution in [2.75, 3.05) is 34.3 Å². The maximum atomic E-state index is 13.0. The Labute approximate surface area is 154 Å². The highest BCUT2D eigenvalue weighted by Crippen LogP contribution is 2.27. The summed E-state index contributed by atoms with van der Waals surface area (Å²) >= 11 is 0. The van der Waals surface area contributed by atoms with E-state index in [4.69, 9.17) is 9.47 Å². The van der Waals surface area contributed by atoms with Crippen LogP contribution >= 0.6 is 0 Å². The topological polar surface area (TPSA) is 70.7 Å². The number of H-pyrrole nitrogens is 1. The normalized spacial score (nSPS) is 12.1. The molecule has 1 heterocycles. The zero-order valence-electron chi connectivity index (χ0n) is 16.2. The van der Waals surface area contributed by atoms with E-state index in [1.54, 1.807) is 31.3 Å². The van der Waals surface area contributed by atoms with Crippen LogP contribution in [0.3, 0.4) is 0 Å². The predicted molar refractivity (Wildman–Crippen MR) is 100 cm³/mol. The zero-order chi connectivity index (χ0) is 19.1. The Kier molecular flexibility index (Phi) is 7.03.